The van der Waals surface area contributed by atoms with Gasteiger partial charge >= 0.3 is 12.0 Å². The highest BCUT2D eigenvalue weighted by Gasteiger charge is 2.33. The smallest absolute Gasteiger partial charge is 0.314 e. The lowest BCUT2D eigenvalue weighted by atomic mass is 9.67. The zero-order valence-electron chi connectivity index (χ0n) is 10.6. The molecule has 0 spiro atoms. The Hall–Kier alpha value is -1.26. The van der Waals surface area contributed by atoms with E-state index in [1.165, 1.54) is 19.3 Å². The Morgan fingerprint density at radius 3 is 2.41 bits per heavy atom. The molecule has 3 N–H and O–H groups in total. The highest BCUT2D eigenvalue weighted by Crippen LogP contribution is 2.41. The highest BCUT2D eigenvalue weighted by molar-refractivity contribution is 5.75. The van der Waals surface area contributed by atoms with E-state index in [9.17, 15) is 9.59 Å². The van der Waals surface area contributed by atoms with Crippen molar-refractivity contribution in [3.05, 3.63) is 0 Å². The molecule has 0 saturated heterocycles. The number of carbonyl (C=O) groups is 2. The Balaban J connectivity index is 2.16. The molecule has 17 heavy (non-hydrogen) atoms. The van der Waals surface area contributed by atoms with E-state index in [4.69, 9.17) is 5.11 Å². The SMILES string of the molecule is CC(C)(CNC(=O)NCCC(=O)O)C1CCC1. The highest BCUT2D eigenvalue weighted by atomic mass is 16.4. The Morgan fingerprint density at radius 2 is 1.94 bits per heavy atom. The second-order valence-electron chi connectivity index (χ2n) is 5.37. The van der Waals surface area contributed by atoms with Gasteiger partial charge in [0.2, 0.25) is 0 Å². The van der Waals surface area contributed by atoms with Crippen molar-refractivity contribution in [3.8, 4) is 0 Å². The summed E-state index contributed by atoms with van der Waals surface area (Å²) in [5.41, 5.74) is 0.127. The number of rotatable bonds is 6. The summed E-state index contributed by atoms with van der Waals surface area (Å²) >= 11 is 0. The molecule has 0 aromatic carbocycles. The van der Waals surface area contributed by atoms with Crippen molar-refractivity contribution in [1.29, 1.82) is 0 Å². The summed E-state index contributed by atoms with van der Waals surface area (Å²) in [4.78, 5) is 21.6. The molecule has 0 heterocycles. The number of amides is 2. The third-order valence-electron chi connectivity index (χ3n) is 3.54. The van der Waals surface area contributed by atoms with Gasteiger partial charge in [-0.05, 0) is 24.2 Å². The van der Waals surface area contributed by atoms with Gasteiger partial charge in [-0.3, -0.25) is 4.79 Å². The lowest BCUT2D eigenvalue weighted by Gasteiger charge is -2.40. The van der Waals surface area contributed by atoms with Gasteiger partial charge in [-0.2, -0.15) is 0 Å². The Morgan fingerprint density at radius 1 is 1.29 bits per heavy atom. The van der Waals surface area contributed by atoms with Crippen molar-refractivity contribution in [3.63, 3.8) is 0 Å². The van der Waals surface area contributed by atoms with E-state index in [1.54, 1.807) is 0 Å². The third-order valence-corrected chi connectivity index (χ3v) is 3.54. The molecule has 5 nitrogen and oxygen atoms in total. The third kappa shape index (κ3) is 4.63. The Labute approximate surface area is 102 Å². The maximum Gasteiger partial charge on any atom is 0.314 e. The minimum atomic E-state index is -0.903. The molecule has 0 atom stereocenters. The van der Waals surface area contributed by atoms with Crippen LogP contribution in [0.4, 0.5) is 4.79 Å². The van der Waals surface area contributed by atoms with Gasteiger partial charge in [0.15, 0.2) is 0 Å². The van der Waals surface area contributed by atoms with Crippen molar-refractivity contribution in [2.75, 3.05) is 13.1 Å². The minimum Gasteiger partial charge on any atom is -0.481 e. The first kappa shape index (κ1) is 13.8. The standard InChI is InChI=1S/C12H22N2O3/c1-12(2,9-4-3-5-9)8-14-11(17)13-7-6-10(15)16/h9H,3-8H2,1-2H3,(H,15,16)(H2,13,14,17). The molecule has 1 aliphatic carbocycles. The molecule has 1 rings (SSSR count). The molecular formula is C12H22N2O3. The molecule has 0 aliphatic heterocycles. The number of nitrogens with one attached hydrogen (secondary N) is 2. The van der Waals surface area contributed by atoms with E-state index in [1.807, 2.05) is 0 Å². The maximum absolute atomic E-state index is 11.4. The second kappa shape index (κ2) is 5.89. The fraction of sp³-hybridized carbons (Fsp3) is 0.833. The van der Waals surface area contributed by atoms with Crippen LogP contribution in [0.1, 0.15) is 39.5 Å². The average molecular weight is 242 g/mol. The van der Waals surface area contributed by atoms with Crippen LogP contribution >= 0.6 is 0 Å². The van der Waals surface area contributed by atoms with Crippen LogP contribution < -0.4 is 10.6 Å². The topological polar surface area (TPSA) is 78.4 Å². The monoisotopic (exact) mass is 242 g/mol. The number of carbonyl (C=O) groups excluding carboxylic acids is 1. The van der Waals surface area contributed by atoms with Crippen LogP contribution in [0.5, 0.6) is 0 Å². The van der Waals surface area contributed by atoms with Crippen LogP contribution in [0.2, 0.25) is 0 Å². The lowest BCUT2D eigenvalue weighted by molar-refractivity contribution is -0.136. The number of hydrogen-bond acceptors (Lipinski definition) is 2. The van der Waals surface area contributed by atoms with E-state index < -0.39 is 5.97 Å². The summed E-state index contributed by atoms with van der Waals surface area (Å²) in [6.07, 6.45) is 3.74. The fourth-order valence-corrected chi connectivity index (χ4v) is 1.99. The van der Waals surface area contributed by atoms with Crippen LogP contribution in [-0.4, -0.2) is 30.2 Å². The number of hydrogen-bond donors (Lipinski definition) is 3. The quantitative estimate of drug-likeness (QED) is 0.661. The number of aliphatic carboxylic acids is 1. The second-order valence-corrected chi connectivity index (χ2v) is 5.37. The summed E-state index contributed by atoms with van der Waals surface area (Å²) in [5.74, 6) is -0.207. The Bertz CT molecular complexity index is 285. The summed E-state index contributed by atoms with van der Waals surface area (Å²) in [7, 11) is 0. The van der Waals surface area contributed by atoms with Gasteiger partial charge in [0.1, 0.15) is 0 Å². The first-order chi connectivity index (χ1) is 7.92. The first-order valence-electron chi connectivity index (χ1n) is 6.15. The Kier molecular flexibility index (Phi) is 4.78. The van der Waals surface area contributed by atoms with Gasteiger partial charge in [0, 0.05) is 13.1 Å². The van der Waals surface area contributed by atoms with E-state index in [-0.39, 0.29) is 24.4 Å². The molecule has 2 amide bonds. The molecule has 0 radical (unpaired) electrons. The van der Waals surface area contributed by atoms with Gasteiger partial charge in [0.25, 0.3) is 0 Å². The van der Waals surface area contributed by atoms with Crippen molar-refractivity contribution < 1.29 is 14.7 Å². The van der Waals surface area contributed by atoms with Crippen LogP contribution in [0.15, 0.2) is 0 Å². The van der Waals surface area contributed by atoms with Crippen molar-refractivity contribution >= 4 is 12.0 Å². The summed E-state index contributed by atoms with van der Waals surface area (Å²) < 4.78 is 0. The zero-order chi connectivity index (χ0) is 12.9. The summed E-state index contributed by atoms with van der Waals surface area (Å²) in [6.45, 7) is 5.13. The number of carboxylic acids is 1. The van der Waals surface area contributed by atoms with Crippen LogP contribution in [0.25, 0.3) is 0 Å². The molecule has 0 unspecified atom stereocenters. The molecule has 0 bridgehead atoms. The van der Waals surface area contributed by atoms with Crippen LogP contribution in [-0.2, 0) is 4.79 Å². The van der Waals surface area contributed by atoms with Crippen LogP contribution in [0.3, 0.4) is 0 Å². The predicted molar refractivity (Wildman–Crippen MR) is 64.8 cm³/mol. The van der Waals surface area contributed by atoms with Crippen molar-refractivity contribution in [2.24, 2.45) is 11.3 Å². The molecule has 5 heteroatoms. The number of urea groups is 1. The van der Waals surface area contributed by atoms with Gasteiger partial charge in [0.05, 0.1) is 6.42 Å². The van der Waals surface area contributed by atoms with Gasteiger partial charge in [-0.25, -0.2) is 4.79 Å². The van der Waals surface area contributed by atoms with Crippen molar-refractivity contribution in [1.82, 2.24) is 10.6 Å². The first-order valence-corrected chi connectivity index (χ1v) is 6.15. The predicted octanol–water partition coefficient (Wildman–Crippen LogP) is 1.59. The van der Waals surface area contributed by atoms with Gasteiger partial charge in [-0.15, -0.1) is 0 Å². The van der Waals surface area contributed by atoms with Crippen molar-refractivity contribution in [2.45, 2.75) is 39.5 Å². The van der Waals surface area contributed by atoms with Gasteiger partial charge in [-0.1, -0.05) is 20.3 Å². The summed E-state index contributed by atoms with van der Waals surface area (Å²) in [5, 5.41) is 13.8. The van der Waals surface area contributed by atoms with E-state index in [2.05, 4.69) is 24.5 Å². The van der Waals surface area contributed by atoms with Crippen LogP contribution in [0, 0.1) is 11.3 Å². The zero-order valence-corrected chi connectivity index (χ0v) is 10.6. The molecule has 1 saturated carbocycles. The van der Waals surface area contributed by atoms with E-state index in [0.717, 1.165) is 0 Å². The number of carboxylic acid groups (broad SMARTS) is 1. The largest absolute Gasteiger partial charge is 0.481 e. The molecule has 1 aliphatic rings. The molecule has 0 aromatic rings. The molecular weight excluding hydrogens is 220 g/mol. The molecule has 0 aromatic heterocycles. The van der Waals surface area contributed by atoms with E-state index in [0.29, 0.717) is 12.5 Å². The average Bonchev–Trinajstić information content (AvgIpc) is 2.10. The normalized spacial score (nSPS) is 16.1. The van der Waals surface area contributed by atoms with Gasteiger partial charge < -0.3 is 15.7 Å². The minimum absolute atomic E-state index is 0.0422. The molecule has 1 fully saturated rings. The maximum atomic E-state index is 11.4. The summed E-state index contributed by atoms with van der Waals surface area (Å²) in [6, 6.07) is -0.279. The lowest BCUT2D eigenvalue weighted by Crippen LogP contribution is -2.45. The molecule has 98 valence electrons. The fourth-order valence-electron chi connectivity index (χ4n) is 1.99. The van der Waals surface area contributed by atoms with E-state index >= 15 is 0 Å².